The van der Waals surface area contributed by atoms with Crippen LogP contribution in [0.4, 0.5) is 20.2 Å². The van der Waals surface area contributed by atoms with Crippen molar-refractivity contribution in [2.45, 2.75) is 6.04 Å². The molecule has 0 unspecified atom stereocenters. The number of para-hydroxylation sites is 1. The van der Waals surface area contributed by atoms with Crippen molar-refractivity contribution in [3.8, 4) is 0 Å². The van der Waals surface area contributed by atoms with Gasteiger partial charge in [0.25, 0.3) is 0 Å². The Morgan fingerprint density at radius 2 is 1.74 bits per heavy atom. The molecule has 1 aliphatic rings. The summed E-state index contributed by atoms with van der Waals surface area (Å²) in [5, 5.41) is 5.07. The monoisotopic (exact) mass is 465 g/mol. The van der Waals surface area contributed by atoms with E-state index in [1.807, 2.05) is 23.1 Å². The number of rotatable bonds is 6. The molecule has 0 spiro atoms. The Morgan fingerprint density at radius 1 is 0.941 bits per heavy atom. The van der Waals surface area contributed by atoms with E-state index < -0.39 is 17.6 Å². The number of carbonyl (C=O) groups excluding carboxylic acids is 2. The molecule has 1 aliphatic heterocycles. The van der Waals surface area contributed by atoms with Crippen LogP contribution in [0, 0.1) is 11.6 Å². The van der Waals surface area contributed by atoms with Gasteiger partial charge in [0.2, 0.25) is 0 Å². The number of amides is 2. The van der Waals surface area contributed by atoms with Gasteiger partial charge in [-0.3, -0.25) is 19.5 Å². The summed E-state index contributed by atoms with van der Waals surface area (Å²) in [4.78, 5) is 33.1. The van der Waals surface area contributed by atoms with E-state index in [4.69, 9.17) is 0 Å². The normalized spacial score (nSPS) is 14.9. The zero-order valence-electron chi connectivity index (χ0n) is 18.5. The molecule has 0 aliphatic carbocycles. The van der Waals surface area contributed by atoms with Crippen LogP contribution in [0.15, 0.2) is 73.1 Å². The van der Waals surface area contributed by atoms with Crippen molar-refractivity contribution >= 4 is 23.2 Å². The summed E-state index contributed by atoms with van der Waals surface area (Å²) in [6.45, 7) is 2.69. The maximum absolute atomic E-state index is 14.2. The molecule has 0 saturated carbocycles. The van der Waals surface area contributed by atoms with Gasteiger partial charge in [0.15, 0.2) is 0 Å². The third kappa shape index (κ3) is 5.74. The van der Waals surface area contributed by atoms with Crippen molar-refractivity contribution in [1.82, 2.24) is 15.2 Å². The summed E-state index contributed by atoms with van der Waals surface area (Å²) < 4.78 is 27.5. The topological polar surface area (TPSA) is 77.6 Å². The predicted molar refractivity (Wildman–Crippen MR) is 125 cm³/mol. The Kier molecular flexibility index (Phi) is 7.44. The number of halogens is 2. The number of carbonyl (C=O) groups is 2. The van der Waals surface area contributed by atoms with Crippen LogP contribution < -0.4 is 15.5 Å². The van der Waals surface area contributed by atoms with Crippen molar-refractivity contribution in [1.29, 1.82) is 0 Å². The summed E-state index contributed by atoms with van der Waals surface area (Å²) in [6.07, 6.45) is 3.40. The van der Waals surface area contributed by atoms with E-state index in [0.29, 0.717) is 31.9 Å². The van der Waals surface area contributed by atoms with Gasteiger partial charge in [-0.2, -0.15) is 0 Å². The molecule has 1 fully saturated rings. The molecule has 2 amide bonds. The smallest absolute Gasteiger partial charge is 0.313 e. The summed E-state index contributed by atoms with van der Waals surface area (Å²) in [7, 11) is 0. The average Bonchev–Trinajstić information content (AvgIpc) is 2.85. The minimum Gasteiger partial charge on any atom is -0.367 e. The van der Waals surface area contributed by atoms with Crippen LogP contribution in [0.1, 0.15) is 11.6 Å². The minimum absolute atomic E-state index is 0.181. The van der Waals surface area contributed by atoms with Gasteiger partial charge in [-0.25, -0.2) is 8.78 Å². The van der Waals surface area contributed by atoms with E-state index in [-0.39, 0.29) is 24.1 Å². The van der Waals surface area contributed by atoms with E-state index in [1.165, 1.54) is 24.3 Å². The zero-order valence-corrected chi connectivity index (χ0v) is 18.5. The highest BCUT2D eigenvalue weighted by Gasteiger charge is 2.27. The molecule has 4 rings (SSSR count). The number of anilines is 2. The van der Waals surface area contributed by atoms with Crippen LogP contribution in [0.3, 0.4) is 0 Å². The van der Waals surface area contributed by atoms with E-state index in [0.717, 1.165) is 11.6 Å². The molecule has 2 N–H and O–H groups in total. The Bertz CT molecular complexity index is 1140. The first-order valence-corrected chi connectivity index (χ1v) is 11.0. The quantitative estimate of drug-likeness (QED) is 0.548. The average molecular weight is 466 g/mol. The van der Waals surface area contributed by atoms with E-state index in [1.54, 1.807) is 24.5 Å². The molecule has 2 heterocycles. The van der Waals surface area contributed by atoms with Gasteiger partial charge in [-0.05, 0) is 42.0 Å². The summed E-state index contributed by atoms with van der Waals surface area (Å²) >= 11 is 0. The van der Waals surface area contributed by atoms with Crippen LogP contribution in [0.25, 0.3) is 0 Å². The third-order valence-electron chi connectivity index (χ3n) is 5.76. The lowest BCUT2D eigenvalue weighted by molar-refractivity contribution is -0.136. The van der Waals surface area contributed by atoms with Gasteiger partial charge in [0, 0.05) is 50.8 Å². The molecular formula is C25H25F2N5O2. The van der Waals surface area contributed by atoms with E-state index in [2.05, 4.69) is 20.5 Å². The second kappa shape index (κ2) is 10.8. The number of hydrogen-bond acceptors (Lipinski definition) is 5. The summed E-state index contributed by atoms with van der Waals surface area (Å²) in [6, 6.07) is 15.5. The number of hydrogen-bond donors (Lipinski definition) is 2. The first-order chi connectivity index (χ1) is 16.5. The maximum atomic E-state index is 14.2. The fourth-order valence-corrected chi connectivity index (χ4v) is 4.04. The molecular weight excluding hydrogens is 440 g/mol. The molecule has 1 aromatic heterocycles. The second-order valence-corrected chi connectivity index (χ2v) is 7.95. The molecule has 0 bridgehead atoms. The van der Waals surface area contributed by atoms with Crippen LogP contribution in [-0.2, 0) is 9.59 Å². The first kappa shape index (κ1) is 23.3. The van der Waals surface area contributed by atoms with Crippen LogP contribution in [0.2, 0.25) is 0 Å². The van der Waals surface area contributed by atoms with Gasteiger partial charge >= 0.3 is 11.8 Å². The number of piperazine rings is 1. The lowest BCUT2D eigenvalue weighted by Crippen LogP contribution is -2.50. The lowest BCUT2D eigenvalue weighted by Gasteiger charge is -2.40. The number of pyridine rings is 1. The molecule has 0 radical (unpaired) electrons. The number of aromatic nitrogens is 1. The van der Waals surface area contributed by atoms with Gasteiger partial charge in [-0.15, -0.1) is 0 Å². The highest BCUT2D eigenvalue weighted by Crippen LogP contribution is 2.25. The fourth-order valence-electron chi connectivity index (χ4n) is 4.04. The second-order valence-electron chi connectivity index (χ2n) is 7.95. The van der Waals surface area contributed by atoms with Gasteiger partial charge in [-0.1, -0.05) is 24.3 Å². The Balaban J connectivity index is 1.39. The summed E-state index contributed by atoms with van der Waals surface area (Å²) in [5.74, 6) is -2.45. The van der Waals surface area contributed by atoms with Crippen molar-refractivity contribution in [2.75, 3.05) is 42.9 Å². The van der Waals surface area contributed by atoms with Crippen LogP contribution in [-0.4, -0.2) is 54.4 Å². The van der Waals surface area contributed by atoms with Crippen molar-refractivity contribution < 1.29 is 18.4 Å². The highest BCUT2D eigenvalue weighted by molar-refractivity contribution is 6.39. The number of nitrogens with one attached hydrogen (secondary N) is 2. The molecule has 34 heavy (non-hydrogen) atoms. The third-order valence-corrected chi connectivity index (χ3v) is 5.76. The highest BCUT2D eigenvalue weighted by atomic mass is 19.1. The molecule has 1 atom stereocenters. The first-order valence-electron chi connectivity index (χ1n) is 11.0. The number of nitrogens with zero attached hydrogens (tertiary/aromatic N) is 3. The molecule has 3 aromatic rings. The molecule has 176 valence electrons. The van der Waals surface area contributed by atoms with Gasteiger partial charge in [0.05, 0.1) is 11.7 Å². The summed E-state index contributed by atoms with van der Waals surface area (Å²) in [5.41, 5.74) is 1.67. The maximum Gasteiger partial charge on any atom is 0.313 e. The predicted octanol–water partition coefficient (Wildman–Crippen LogP) is 2.98. The lowest BCUT2D eigenvalue weighted by atomic mass is 10.1. The minimum atomic E-state index is -0.875. The fraction of sp³-hybridized carbons (Fsp3) is 0.240. The molecule has 2 aromatic carbocycles. The number of benzene rings is 2. The Labute approximate surface area is 196 Å². The molecule has 7 nitrogen and oxygen atoms in total. The van der Waals surface area contributed by atoms with Crippen molar-refractivity contribution in [3.05, 3.63) is 90.3 Å². The van der Waals surface area contributed by atoms with Crippen LogP contribution in [0.5, 0.6) is 0 Å². The zero-order chi connectivity index (χ0) is 23.9. The van der Waals surface area contributed by atoms with Crippen molar-refractivity contribution in [3.63, 3.8) is 0 Å². The Morgan fingerprint density at radius 3 is 2.44 bits per heavy atom. The molecule has 9 heteroatoms. The van der Waals surface area contributed by atoms with E-state index >= 15 is 0 Å². The molecule has 1 saturated heterocycles. The standard InChI is InChI=1S/C25H25F2N5O2/c26-19-6-3-7-20(15-19)30-25(34)24(33)29-17-23(18-5-4-10-28-16-18)32-13-11-31(12-14-32)22-9-2-1-8-21(22)27/h1-10,15-16,23H,11-14,17H2,(H,29,33)(H,30,34)/t23-/m0/s1. The van der Waals surface area contributed by atoms with E-state index in [9.17, 15) is 18.4 Å². The Hall–Kier alpha value is -3.85. The largest absolute Gasteiger partial charge is 0.367 e. The van der Waals surface area contributed by atoms with Gasteiger partial charge < -0.3 is 15.5 Å². The SMILES string of the molecule is O=C(NC[C@@H](c1cccnc1)N1CCN(c2ccccc2F)CC1)C(=O)Nc1cccc(F)c1. The van der Waals surface area contributed by atoms with Crippen molar-refractivity contribution in [2.24, 2.45) is 0 Å². The van der Waals surface area contributed by atoms with Gasteiger partial charge in [0.1, 0.15) is 11.6 Å². The van der Waals surface area contributed by atoms with Crippen LogP contribution >= 0.6 is 0 Å².